The number of esters is 1. The molecule has 1 heterocycles. The highest BCUT2D eigenvalue weighted by molar-refractivity contribution is 5.87. The molecule has 31 heavy (non-hydrogen) atoms. The zero-order valence-electron chi connectivity index (χ0n) is 19.7. The molecule has 0 aliphatic carbocycles. The molecule has 0 fully saturated rings. The Hall–Kier alpha value is -2.16. The van der Waals surface area contributed by atoms with Crippen molar-refractivity contribution in [1.29, 1.82) is 0 Å². The van der Waals surface area contributed by atoms with Crippen molar-refractivity contribution in [3.8, 4) is 5.75 Å². The number of carbonyl (C=O) groups is 1. The quantitative estimate of drug-likeness (QED) is 0.118. The maximum absolute atomic E-state index is 12.2. The van der Waals surface area contributed by atoms with Crippen molar-refractivity contribution >= 4 is 16.9 Å². The summed E-state index contributed by atoms with van der Waals surface area (Å²) in [6.45, 7) is 4.21. The molecule has 3 nitrogen and oxygen atoms in total. The summed E-state index contributed by atoms with van der Waals surface area (Å²) in [5, 5.41) is 0.997. The number of allylic oxidation sites excluding steroid dienone is 2. The van der Waals surface area contributed by atoms with Crippen LogP contribution in [0.5, 0.6) is 5.75 Å². The Morgan fingerprint density at radius 2 is 1.48 bits per heavy atom. The molecule has 0 amide bonds. The highest BCUT2D eigenvalue weighted by atomic mass is 16.5. The van der Waals surface area contributed by atoms with E-state index in [1.54, 1.807) is 0 Å². The molecule has 2 rings (SSSR count). The third-order valence-corrected chi connectivity index (χ3v) is 5.69. The first-order chi connectivity index (χ1) is 15.2. The van der Waals surface area contributed by atoms with Gasteiger partial charge in [0.25, 0.3) is 0 Å². The number of aryl methyl sites for hydroxylation is 1. The fraction of sp³-hybridized carbons (Fsp3) is 0.571. The van der Waals surface area contributed by atoms with E-state index >= 15 is 0 Å². The van der Waals surface area contributed by atoms with Crippen LogP contribution in [0.15, 0.2) is 42.5 Å². The lowest BCUT2D eigenvalue weighted by molar-refractivity contribution is -0.134. The Labute approximate surface area is 189 Å². The van der Waals surface area contributed by atoms with E-state index in [9.17, 15) is 4.79 Å². The molecule has 0 aliphatic rings. The van der Waals surface area contributed by atoms with Gasteiger partial charge in [0.15, 0.2) is 5.75 Å². The Bertz CT molecular complexity index is 797. The molecule has 0 spiro atoms. The number of nitrogens with zero attached hydrogens (tertiary/aromatic N) is 1. The second-order valence-electron chi connectivity index (χ2n) is 8.59. The number of aromatic nitrogens is 1. The summed E-state index contributed by atoms with van der Waals surface area (Å²) in [7, 11) is 0. The molecule has 0 saturated carbocycles. The summed E-state index contributed by atoms with van der Waals surface area (Å²) < 4.78 is 5.59. The molecular formula is C28H41NO2. The second-order valence-corrected chi connectivity index (χ2v) is 8.59. The summed E-state index contributed by atoms with van der Waals surface area (Å²) in [6, 6.07) is 9.71. The van der Waals surface area contributed by atoms with Gasteiger partial charge in [-0.1, -0.05) is 88.6 Å². The second kappa shape index (κ2) is 15.6. The van der Waals surface area contributed by atoms with Gasteiger partial charge in [0.2, 0.25) is 0 Å². The molecule has 0 N–H and O–H groups in total. The molecule has 0 unspecified atom stereocenters. The van der Waals surface area contributed by atoms with Gasteiger partial charge in [0, 0.05) is 17.5 Å². The van der Waals surface area contributed by atoms with Crippen molar-refractivity contribution in [3.05, 3.63) is 48.2 Å². The fourth-order valence-electron chi connectivity index (χ4n) is 3.81. The van der Waals surface area contributed by atoms with E-state index < -0.39 is 0 Å². The molecule has 2 aromatic rings. The summed E-state index contributed by atoms with van der Waals surface area (Å²) >= 11 is 0. The van der Waals surface area contributed by atoms with Crippen LogP contribution in [0.2, 0.25) is 0 Å². The van der Waals surface area contributed by atoms with Crippen molar-refractivity contribution in [2.75, 3.05) is 0 Å². The van der Waals surface area contributed by atoms with Crippen molar-refractivity contribution < 1.29 is 9.53 Å². The van der Waals surface area contributed by atoms with Crippen molar-refractivity contribution in [1.82, 2.24) is 4.98 Å². The van der Waals surface area contributed by atoms with Gasteiger partial charge in [-0.3, -0.25) is 4.79 Å². The molecular weight excluding hydrogens is 382 g/mol. The lowest BCUT2D eigenvalue weighted by Gasteiger charge is -2.08. The number of hydrogen-bond acceptors (Lipinski definition) is 3. The maximum atomic E-state index is 12.2. The Kier molecular flexibility index (Phi) is 12.6. The summed E-state index contributed by atoms with van der Waals surface area (Å²) in [5.41, 5.74) is 1.69. The van der Waals surface area contributed by atoms with Crippen molar-refractivity contribution in [2.45, 2.75) is 104 Å². The van der Waals surface area contributed by atoms with Crippen LogP contribution in [0.4, 0.5) is 0 Å². The SMILES string of the molecule is CCCCCCCC/C=C\CCCCCCCC(=O)Oc1cccc2ccc(C)nc12. The molecule has 0 atom stereocenters. The summed E-state index contributed by atoms with van der Waals surface area (Å²) in [6.07, 6.45) is 21.5. The minimum absolute atomic E-state index is 0.159. The molecule has 0 bridgehead atoms. The monoisotopic (exact) mass is 423 g/mol. The van der Waals surface area contributed by atoms with E-state index in [-0.39, 0.29) is 5.97 Å². The molecule has 3 heteroatoms. The minimum Gasteiger partial charge on any atom is -0.424 e. The first kappa shape index (κ1) is 25.1. The average Bonchev–Trinajstić information content (AvgIpc) is 2.77. The van der Waals surface area contributed by atoms with Gasteiger partial charge >= 0.3 is 5.97 Å². The number of unbranched alkanes of at least 4 members (excludes halogenated alkanes) is 11. The number of rotatable bonds is 16. The van der Waals surface area contributed by atoms with Gasteiger partial charge in [0.1, 0.15) is 5.52 Å². The summed E-state index contributed by atoms with van der Waals surface area (Å²) in [4.78, 5) is 16.7. The van der Waals surface area contributed by atoms with Gasteiger partial charge in [-0.15, -0.1) is 0 Å². The number of carbonyl (C=O) groups excluding carboxylic acids is 1. The lowest BCUT2D eigenvalue weighted by atomic mass is 10.1. The van der Waals surface area contributed by atoms with Crippen LogP contribution in [0.3, 0.4) is 0 Å². The molecule has 0 radical (unpaired) electrons. The number of fused-ring (bicyclic) bond motifs is 1. The smallest absolute Gasteiger partial charge is 0.311 e. The van der Waals surface area contributed by atoms with E-state index in [1.807, 2.05) is 37.3 Å². The van der Waals surface area contributed by atoms with E-state index in [4.69, 9.17) is 4.74 Å². The molecule has 0 aliphatic heterocycles. The number of para-hydroxylation sites is 1. The number of pyridine rings is 1. The van der Waals surface area contributed by atoms with Gasteiger partial charge in [0.05, 0.1) is 0 Å². The minimum atomic E-state index is -0.159. The zero-order chi connectivity index (χ0) is 22.2. The van der Waals surface area contributed by atoms with E-state index in [0.29, 0.717) is 12.2 Å². The van der Waals surface area contributed by atoms with Crippen LogP contribution in [-0.4, -0.2) is 11.0 Å². The predicted molar refractivity (Wildman–Crippen MR) is 132 cm³/mol. The molecule has 1 aromatic heterocycles. The van der Waals surface area contributed by atoms with E-state index in [0.717, 1.165) is 29.4 Å². The van der Waals surface area contributed by atoms with Gasteiger partial charge in [-0.25, -0.2) is 4.98 Å². The van der Waals surface area contributed by atoms with E-state index in [2.05, 4.69) is 24.1 Å². The highest BCUT2D eigenvalue weighted by Gasteiger charge is 2.09. The average molecular weight is 424 g/mol. The Balaban J connectivity index is 1.49. The first-order valence-electron chi connectivity index (χ1n) is 12.4. The van der Waals surface area contributed by atoms with Gasteiger partial charge in [-0.05, 0) is 51.2 Å². The fourth-order valence-corrected chi connectivity index (χ4v) is 3.81. The Morgan fingerprint density at radius 1 is 0.839 bits per heavy atom. The van der Waals surface area contributed by atoms with Crippen LogP contribution in [0.25, 0.3) is 10.9 Å². The summed E-state index contributed by atoms with van der Waals surface area (Å²) in [5.74, 6) is 0.410. The maximum Gasteiger partial charge on any atom is 0.311 e. The highest BCUT2D eigenvalue weighted by Crippen LogP contribution is 2.24. The van der Waals surface area contributed by atoms with E-state index in [1.165, 1.54) is 70.6 Å². The predicted octanol–water partition coefficient (Wildman–Crippen LogP) is 8.49. The molecule has 0 saturated heterocycles. The first-order valence-corrected chi connectivity index (χ1v) is 12.4. The standard InChI is InChI=1S/C28H41NO2/c1-3-4-5-6-7-8-9-10-11-12-13-14-15-16-17-21-27(30)31-26-20-18-19-25-23-22-24(2)29-28(25)26/h10-11,18-20,22-23H,3-9,12-17,21H2,1-2H3/b11-10-. The largest absolute Gasteiger partial charge is 0.424 e. The topological polar surface area (TPSA) is 39.2 Å². The van der Waals surface area contributed by atoms with Crippen LogP contribution < -0.4 is 4.74 Å². The zero-order valence-corrected chi connectivity index (χ0v) is 19.7. The number of hydrogen-bond donors (Lipinski definition) is 0. The van der Waals surface area contributed by atoms with Crippen molar-refractivity contribution in [3.63, 3.8) is 0 Å². The molecule has 170 valence electrons. The normalized spacial score (nSPS) is 11.4. The lowest BCUT2D eigenvalue weighted by Crippen LogP contribution is -2.08. The van der Waals surface area contributed by atoms with Crippen LogP contribution in [-0.2, 0) is 4.79 Å². The van der Waals surface area contributed by atoms with Crippen LogP contribution >= 0.6 is 0 Å². The van der Waals surface area contributed by atoms with Crippen LogP contribution in [0, 0.1) is 6.92 Å². The van der Waals surface area contributed by atoms with Gasteiger partial charge in [-0.2, -0.15) is 0 Å². The third-order valence-electron chi connectivity index (χ3n) is 5.69. The molecule has 1 aromatic carbocycles. The van der Waals surface area contributed by atoms with Crippen molar-refractivity contribution in [2.24, 2.45) is 0 Å². The number of ether oxygens (including phenoxy) is 1. The van der Waals surface area contributed by atoms with Crippen LogP contribution in [0.1, 0.15) is 103 Å². The third kappa shape index (κ3) is 10.6. The number of benzene rings is 1. The van der Waals surface area contributed by atoms with Gasteiger partial charge < -0.3 is 4.74 Å². The Morgan fingerprint density at radius 3 is 2.19 bits per heavy atom.